The second-order valence-electron chi connectivity index (χ2n) is 15.2. The molecule has 2 heterocycles. The van der Waals surface area contributed by atoms with Gasteiger partial charge in [0.25, 0.3) is 5.69 Å². The van der Waals surface area contributed by atoms with Crippen molar-refractivity contribution in [2.45, 2.75) is 95.2 Å². The zero-order chi connectivity index (χ0) is 46.7. The summed E-state index contributed by atoms with van der Waals surface area (Å²) in [5.41, 5.74) is 8.02. The Kier molecular flexibility index (Phi) is 24.8. The summed E-state index contributed by atoms with van der Waals surface area (Å²) in [6, 6.07) is 1.85. The number of unbranched alkanes of at least 4 members (excludes halogenated alkanes) is 1. The zero-order valence-corrected chi connectivity index (χ0v) is 37.9. The van der Waals surface area contributed by atoms with Crippen LogP contribution in [0, 0.1) is 16.0 Å². The van der Waals surface area contributed by atoms with Gasteiger partial charge in [0.2, 0.25) is 17.7 Å². The van der Waals surface area contributed by atoms with Gasteiger partial charge in [-0.3, -0.25) is 24.5 Å². The second-order valence-corrected chi connectivity index (χ2v) is 16.5. The molecule has 3 rings (SSSR count). The highest BCUT2D eigenvalue weighted by atomic mass is 32.2. The Labute approximate surface area is 377 Å². The standard InChI is InChI=1S/C40H64N10O13S/c1-26(2)36(38(53)44-12-8-13-45-49-41)48-40(55)63-27(3)28-23-31(58-4)32(24-30(28)50(56)57)62-16-7-11-35(52)43-15-18-60-20-22-61-21-19-59-17-14-42-34(51)10-6-5-9-33-37-29(25-64-33)46-39(54)47-37/h23-24,26-27,29,33,36-37H,5-22,25H2,1-4H3,(H,42,51)(H,43,52)(H,44,53)(H,48,55)(H2,46,47,54)/t27?,29-,33-,36-,37-/m0/s1/i1+1,2+1,26+1,36+1,38+1,48+1. The lowest BCUT2D eigenvalue weighted by molar-refractivity contribution is -0.386. The van der Waals surface area contributed by atoms with E-state index in [1.165, 1.54) is 20.1 Å². The van der Waals surface area contributed by atoms with Gasteiger partial charge in [-0.1, -0.05) is 25.4 Å². The van der Waals surface area contributed by atoms with Gasteiger partial charge in [-0.05, 0) is 50.1 Å². The molecule has 2 saturated heterocycles. The van der Waals surface area contributed by atoms with Crippen molar-refractivity contribution in [1.29, 1.82) is 0 Å². The van der Waals surface area contributed by atoms with Crippen molar-refractivity contribution in [1.82, 2.24) is 31.9 Å². The van der Waals surface area contributed by atoms with E-state index >= 15 is 0 Å². The number of fused-ring (bicyclic) bond motifs is 1. The molecule has 2 fully saturated rings. The van der Waals surface area contributed by atoms with Crippen molar-refractivity contribution in [2.24, 2.45) is 11.0 Å². The molecule has 2 aliphatic heterocycles. The van der Waals surface area contributed by atoms with E-state index in [-0.39, 0.29) is 97.9 Å². The number of nitrogens with one attached hydrogen (secondary N) is 6. The molecular weight excluding hydrogens is 867 g/mol. The summed E-state index contributed by atoms with van der Waals surface area (Å²) in [4.78, 5) is 75.4. The number of urea groups is 1. The van der Waals surface area contributed by atoms with Gasteiger partial charge in [0, 0.05) is 54.9 Å². The third-order valence-corrected chi connectivity index (χ3v) is 11.5. The smallest absolute Gasteiger partial charge is 0.408 e. The van der Waals surface area contributed by atoms with Gasteiger partial charge in [0.05, 0.1) is 82.0 Å². The van der Waals surface area contributed by atoms with Crippen molar-refractivity contribution >= 4 is 47.3 Å². The van der Waals surface area contributed by atoms with Crippen LogP contribution in [-0.2, 0) is 33.3 Å². The van der Waals surface area contributed by atoms with E-state index < -0.39 is 29.1 Å². The van der Waals surface area contributed by atoms with Crippen LogP contribution in [-0.4, -0.2) is 143 Å². The number of carbonyl (C=O) groups excluding carboxylic acids is 5. The number of rotatable bonds is 33. The fraction of sp³-hybridized carbons (Fsp3) is 0.725. The molecule has 1 unspecified atom stereocenters. The Morgan fingerprint density at radius 1 is 0.891 bits per heavy atom. The van der Waals surface area contributed by atoms with Crippen LogP contribution >= 0.6 is 11.8 Å². The summed E-state index contributed by atoms with van der Waals surface area (Å²) in [6.45, 7) is 8.17. The van der Waals surface area contributed by atoms with Crippen LogP contribution in [0.4, 0.5) is 15.3 Å². The monoisotopic (exact) mass is 930 g/mol. The van der Waals surface area contributed by atoms with Crippen molar-refractivity contribution in [3.8, 4) is 11.5 Å². The molecule has 358 valence electrons. The third kappa shape index (κ3) is 19.6. The number of hydrogen-bond donors (Lipinski definition) is 6. The molecule has 24 heteroatoms. The molecule has 5 atom stereocenters. The Bertz CT molecular complexity index is 1720. The first kappa shape index (κ1) is 53.1. The van der Waals surface area contributed by atoms with E-state index in [1.54, 1.807) is 13.8 Å². The molecule has 0 bridgehead atoms. The first-order valence-corrected chi connectivity index (χ1v) is 22.6. The van der Waals surface area contributed by atoms with Gasteiger partial charge in [0.15, 0.2) is 11.5 Å². The molecule has 0 radical (unpaired) electrons. The fourth-order valence-electron chi connectivity index (χ4n) is 6.69. The van der Waals surface area contributed by atoms with E-state index in [4.69, 9.17) is 34.0 Å². The number of thioether (sulfide) groups is 1. The van der Waals surface area contributed by atoms with Crippen molar-refractivity contribution in [3.05, 3.63) is 38.3 Å². The molecule has 1 aromatic rings. The van der Waals surface area contributed by atoms with Crippen LogP contribution in [0.5, 0.6) is 11.5 Å². The molecule has 23 nitrogen and oxygen atoms in total. The van der Waals surface area contributed by atoms with Crippen LogP contribution in [0.3, 0.4) is 0 Å². The number of nitro benzene ring substituents is 1. The van der Waals surface area contributed by atoms with Gasteiger partial charge >= 0.3 is 12.1 Å². The molecule has 64 heavy (non-hydrogen) atoms. The first-order valence-electron chi connectivity index (χ1n) is 21.5. The van der Waals surface area contributed by atoms with E-state index in [2.05, 4.69) is 41.9 Å². The number of nitro groups is 1. The lowest BCUT2D eigenvalue weighted by Gasteiger charge is -2.23. The van der Waals surface area contributed by atoms with Crippen LogP contribution in [0.15, 0.2) is 17.2 Å². The molecule has 0 spiro atoms. The maximum Gasteiger partial charge on any atom is 0.408 e. The number of amides is 6. The topological polar surface area (TPSA) is 305 Å². The molecule has 0 aliphatic carbocycles. The van der Waals surface area contributed by atoms with Crippen LogP contribution in [0.25, 0.3) is 10.4 Å². The summed E-state index contributed by atoms with van der Waals surface area (Å²) in [7, 11) is 1.35. The quantitative estimate of drug-likeness (QED) is 0.00678. The van der Waals surface area contributed by atoms with Gasteiger partial charge in [-0.25, -0.2) is 9.59 Å². The van der Waals surface area contributed by atoms with E-state index in [0.717, 1.165) is 31.1 Å². The number of carbonyl (C=O) groups is 5. The minimum absolute atomic E-state index is 0.00484. The number of methoxy groups -OCH3 is 1. The van der Waals surface area contributed by atoms with E-state index in [9.17, 15) is 34.1 Å². The van der Waals surface area contributed by atoms with Crippen molar-refractivity contribution < 1.29 is 57.3 Å². The van der Waals surface area contributed by atoms with Gasteiger partial charge < -0.3 is 60.3 Å². The first-order chi connectivity index (χ1) is 30.8. The SMILES string of the molecule is COc1cc(C(C)OC(=O)[15NH][13C@H]([13C](=O)NCCCN=[N+]=[N-])[13CH]([13CH3])[13CH3])c([N+](=O)[O-])cc1OCCCC(=O)NCCOCCOCCOCCNC(=O)CCCC[C@@H]1SC[C@@H]2NC(=O)N[C@@H]21. The average Bonchev–Trinajstić information content (AvgIpc) is 3.82. The average molecular weight is 931 g/mol. The summed E-state index contributed by atoms with van der Waals surface area (Å²) in [6.07, 6.45) is 1.92. The molecule has 0 aromatic heterocycles. The Hall–Kier alpha value is -5.29. The minimum atomic E-state index is -1.12. The lowest BCUT2D eigenvalue weighted by Crippen LogP contribution is -2.50. The molecular formula is C40H64N10O13S. The Balaban J connectivity index is 1.21. The highest BCUT2D eigenvalue weighted by molar-refractivity contribution is 8.00. The predicted octanol–water partition coefficient (Wildman–Crippen LogP) is 3.40. The maximum absolute atomic E-state index is 12.8. The Morgan fingerprint density at radius 3 is 2.17 bits per heavy atom. The number of nitrogens with zero attached hydrogens (tertiary/aromatic N) is 4. The highest BCUT2D eigenvalue weighted by Crippen LogP contribution is 2.39. The fourth-order valence-corrected chi connectivity index (χ4v) is 8.23. The summed E-state index contributed by atoms with van der Waals surface area (Å²) < 4.78 is 33.0. The third-order valence-electron chi connectivity index (χ3n) is 10.0. The predicted molar refractivity (Wildman–Crippen MR) is 235 cm³/mol. The minimum Gasteiger partial charge on any atom is -0.493 e. The van der Waals surface area contributed by atoms with Gasteiger partial charge in [-0.2, -0.15) is 11.8 Å². The second kappa shape index (κ2) is 30.0. The van der Waals surface area contributed by atoms with E-state index in [1.807, 2.05) is 11.8 Å². The van der Waals surface area contributed by atoms with Crippen LogP contribution < -0.4 is 41.4 Å². The van der Waals surface area contributed by atoms with Crippen LogP contribution in [0.2, 0.25) is 0 Å². The summed E-state index contributed by atoms with van der Waals surface area (Å²) in [5.74, 6) is 0.120. The normalized spacial score (nSPS) is 17.2. The molecule has 6 N–H and O–H groups in total. The van der Waals surface area contributed by atoms with Crippen LogP contribution in [0.1, 0.15) is 77.4 Å². The molecule has 1 aromatic carbocycles. The number of alkyl carbamates (subject to hydrolysis) is 1. The number of hydrogen-bond acceptors (Lipinski definition) is 15. The number of benzene rings is 1. The molecule has 2 aliphatic rings. The largest absolute Gasteiger partial charge is 0.493 e. The number of azide groups is 1. The Morgan fingerprint density at radius 2 is 1.55 bits per heavy atom. The van der Waals surface area contributed by atoms with Gasteiger partial charge in [0.1, 0.15) is 12.1 Å². The lowest BCUT2D eigenvalue weighted by atomic mass is 10.0. The molecule has 6 amide bonds. The highest BCUT2D eigenvalue weighted by Gasteiger charge is 2.42. The number of ether oxygens (including phenoxy) is 6. The van der Waals surface area contributed by atoms with Crippen molar-refractivity contribution in [3.63, 3.8) is 0 Å². The molecule has 0 saturated carbocycles. The summed E-state index contributed by atoms with van der Waals surface area (Å²) >= 11 is 1.87. The maximum atomic E-state index is 12.8. The van der Waals surface area contributed by atoms with Crippen molar-refractivity contribution in [2.75, 3.05) is 85.3 Å². The van der Waals surface area contributed by atoms with Gasteiger partial charge in [-0.15, -0.1) is 0 Å². The zero-order valence-electron chi connectivity index (χ0n) is 37.1. The summed E-state index contributed by atoms with van der Waals surface area (Å²) in [5, 5.41) is 32.5. The van der Waals surface area contributed by atoms with E-state index in [0.29, 0.717) is 64.1 Å².